The Balaban J connectivity index is 1.51. The fraction of sp³-hybridized carbons (Fsp3) is 0.286. The minimum atomic E-state index is 0.0215. The van der Waals surface area contributed by atoms with Crippen molar-refractivity contribution in [1.82, 2.24) is 19.4 Å². The lowest BCUT2D eigenvalue weighted by atomic mass is 9.82. The fourth-order valence-electron chi connectivity index (χ4n) is 4.45. The average Bonchev–Trinajstić information content (AvgIpc) is 3.23. The third kappa shape index (κ3) is 2.77. The number of hydrogen-bond acceptors (Lipinski definition) is 3. The van der Waals surface area contributed by atoms with Crippen LogP contribution in [-0.2, 0) is 6.54 Å². The number of nitrogens with zero attached hydrogens (tertiary/aromatic N) is 3. The molecule has 3 aromatic rings. The molecule has 6 heteroatoms. The number of aromatic amines is 1. The zero-order valence-corrected chi connectivity index (χ0v) is 14.8. The highest BCUT2D eigenvalue weighted by atomic mass is 16.2. The molecule has 0 spiro atoms. The summed E-state index contributed by atoms with van der Waals surface area (Å²) >= 11 is 0. The molecule has 2 bridgehead atoms. The maximum Gasteiger partial charge on any atom is 0.255 e. The molecule has 3 aromatic heterocycles. The van der Waals surface area contributed by atoms with E-state index in [4.69, 9.17) is 0 Å². The van der Waals surface area contributed by atoms with E-state index < -0.39 is 0 Å². The summed E-state index contributed by atoms with van der Waals surface area (Å²) in [6, 6.07) is 11.3. The van der Waals surface area contributed by atoms with Crippen LogP contribution in [0, 0.1) is 5.92 Å². The quantitative estimate of drug-likeness (QED) is 0.763. The van der Waals surface area contributed by atoms with Crippen molar-refractivity contribution in [2.75, 3.05) is 13.1 Å². The van der Waals surface area contributed by atoms with Crippen LogP contribution in [0.25, 0.3) is 11.3 Å². The van der Waals surface area contributed by atoms with Crippen molar-refractivity contribution >= 4 is 5.91 Å². The van der Waals surface area contributed by atoms with E-state index in [1.165, 1.54) is 0 Å². The Morgan fingerprint density at radius 1 is 1.15 bits per heavy atom. The molecule has 136 valence electrons. The van der Waals surface area contributed by atoms with Crippen LogP contribution in [0.15, 0.2) is 59.8 Å². The van der Waals surface area contributed by atoms with Gasteiger partial charge in [-0.2, -0.15) is 0 Å². The largest absolute Gasteiger partial charge is 0.367 e. The second-order valence-corrected chi connectivity index (χ2v) is 7.44. The minimum Gasteiger partial charge on any atom is -0.367 e. The molecule has 0 unspecified atom stereocenters. The number of rotatable bonds is 2. The molecule has 0 aromatic carbocycles. The predicted molar refractivity (Wildman–Crippen MR) is 101 cm³/mol. The van der Waals surface area contributed by atoms with Crippen molar-refractivity contribution in [3.63, 3.8) is 0 Å². The number of hydrogen-bond donors (Lipinski definition) is 1. The number of carbonyl (C=O) groups is 1. The predicted octanol–water partition coefficient (Wildman–Crippen LogP) is 2.50. The SMILES string of the molecule is O=C(c1cc[nH]c1)N1C[C@@H]2C[C@H](C1)c1cc(-c3ccccn3)cc(=O)n1C2. The number of nitrogens with one attached hydrogen (secondary N) is 1. The van der Waals surface area contributed by atoms with Gasteiger partial charge in [-0.3, -0.25) is 14.6 Å². The van der Waals surface area contributed by atoms with Gasteiger partial charge in [-0.15, -0.1) is 0 Å². The van der Waals surface area contributed by atoms with Crippen molar-refractivity contribution in [2.45, 2.75) is 18.9 Å². The summed E-state index contributed by atoms with van der Waals surface area (Å²) in [5.41, 5.74) is 3.38. The molecule has 0 aliphatic carbocycles. The fourth-order valence-corrected chi connectivity index (χ4v) is 4.45. The van der Waals surface area contributed by atoms with Gasteiger partial charge in [0.25, 0.3) is 11.5 Å². The molecule has 1 saturated heterocycles. The monoisotopic (exact) mass is 360 g/mol. The highest BCUT2D eigenvalue weighted by Gasteiger charge is 2.37. The Kier molecular flexibility index (Phi) is 3.70. The molecule has 27 heavy (non-hydrogen) atoms. The molecule has 0 radical (unpaired) electrons. The Morgan fingerprint density at radius 2 is 2.07 bits per heavy atom. The van der Waals surface area contributed by atoms with E-state index in [1.54, 1.807) is 24.7 Å². The summed E-state index contributed by atoms with van der Waals surface area (Å²) in [5, 5.41) is 0. The number of aromatic nitrogens is 3. The summed E-state index contributed by atoms with van der Waals surface area (Å²) in [5.74, 6) is 0.553. The van der Waals surface area contributed by atoms with Crippen molar-refractivity contribution in [1.29, 1.82) is 0 Å². The van der Waals surface area contributed by atoms with Crippen molar-refractivity contribution < 1.29 is 4.79 Å². The zero-order chi connectivity index (χ0) is 18.4. The first-order valence-electron chi connectivity index (χ1n) is 9.27. The molecular weight excluding hydrogens is 340 g/mol. The average molecular weight is 360 g/mol. The Bertz CT molecular complexity index is 1040. The molecule has 5 heterocycles. The van der Waals surface area contributed by atoms with E-state index >= 15 is 0 Å². The number of H-pyrrole nitrogens is 1. The van der Waals surface area contributed by atoms with Gasteiger partial charge in [0.1, 0.15) is 0 Å². The normalized spacial score (nSPS) is 21.0. The molecule has 2 atom stereocenters. The lowest BCUT2D eigenvalue weighted by Gasteiger charge is -2.42. The highest BCUT2D eigenvalue weighted by Crippen LogP contribution is 2.36. The molecule has 0 saturated carbocycles. The maximum absolute atomic E-state index is 12.8. The third-order valence-corrected chi connectivity index (χ3v) is 5.65. The minimum absolute atomic E-state index is 0.0215. The van der Waals surface area contributed by atoms with E-state index in [2.05, 4.69) is 16.0 Å². The van der Waals surface area contributed by atoms with Gasteiger partial charge in [0.15, 0.2) is 0 Å². The second-order valence-electron chi connectivity index (χ2n) is 7.44. The summed E-state index contributed by atoms with van der Waals surface area (Å²) in [4.78, 5) is 34.8. The second kappa shape index (κ2) is 6.23. The molecule has 1 N–H and O–H groups in total. The number of fused-ring (bicyclic) bond motifs is 4. The topological polar surface area (TPSA) is 71.0 Å². The summed E-state index contributed by atoms with van der Waals surface area (Å²) in [6.45, 7) is 2.02. The van der Waals surface area contributed by atoms with Crippen LogP contribution in [-0.4, -0.2) is 38.4 Å². The molecular formula is C21H20N4O2. The number of likely N-dealkylation sites (tertiary alicyclic amines) is 1. The molecule has 1 amide bonds. The van der Waals surface area contributed by atoms with Gasteiger partial charge in [0.2, 0.25) is 0 Å². The van der Waals surface area contributed by atoms with Gasteiger partial charge in [-0.25, -0.2) is 0 Å². The van der Waals surface area contributed by atoms with Gasteiger partial charge in [-0.05, 0) is 36.6 Å². The molecule has 2 aliphatic rings. The first-order chi connectivity index (χ1) is 13.2. The van der Waals surface area contributed by atoms with Crippen LogP contribution in [0.2, 0.25) is 0 Å². The lowest BCUT2D eigenvalue weighted by Crippen LogP contribution is -2.49. The number of pyridine rings is 2. The van der Waals surface area contributed by atoms with E-state index in [1.807, 2.05) is 33.7 Å². The highest BCUT2D eigenvalue weighted by molar-refractivity contribution is 5.94. The van der Waals surface area contributed by atoms with Crippen molar-refractivity contribution in [2.24, 2.45) is 5.92 Å². The number of carbonyl (C=O) groups excluding carboxylic acids is 1. The Labute approximate surface area is 156 Å². The van der Waals surface area contributed by atoms with Gasteiger partial charge in [0.05, 0.1) is 11.3 Å². The molecule has 1 fully saturated rings. The van der Waals surface area contributed by atoms with E-state index in [0.29, 0.717) is 31.1 Å². The smallest absolute Gasteiger partial charge is 0.255 e. The van der Waals surface area contributed by atoms with Crippen LogP contribution < -0.4 is 5.56 Å². The van der Waals surface area contributed by atoms with E-state index in [9.17, 15) is 9.59 Å². The van der Waals surface area contributed by atoms with Crippen LogP contribution >= 0.6 is 0 Å². The first-order valence-corrected chi connectivity index (χ1v) is 9.27. The zero-order valence-electron chi connectivity index (χ0n) is 14.8. The summed E-state index contributed by atoms with van der Waals surface area (Å²) in [6.07, 6.45) is 6.26. The Hall–Kier alpha value is -3.15. The van der Waals surface area contributed by atoms with Gasteiger partial charge in [-0.1, -0.05) is 6.07 Å². The summed E-state index contributed by atoms with van der Waals surface area (Å²) < 4.78 is 1.89. The van der Waals surface area contributed by atoms with E-state index in [-0.39, 0.29) is 17.4 Å². The van der Waals surface area contributed by atoms with Crippen LogP contribution in [0.5, 0.6) is 0 Å². The molecule has 6 nitrogen and oxygen atoms in total. The molecule has 5 rings (SSSR count). The van der Waals surface area contributed by atoms with Crippen LogP contribution in [0.1, 0.15) is 28.4 Å². The Morgan fingerprint density at radius 3 is 2.85 bits per heavy atom. The van der Waals surface area contributed by atoms with Crippen LogP contribution in [0.3, 0.4) is 0 Å². The van der Waals surface area contributed by atoms with Gasteiger partial charge in [0, 0.05) is 61.5 Å². The van der Waals surface area contributed by atoms with Gasteiger partial charge < -0.3 is 14.5 Å². The van der Waals surface area contributed by atoms with Crippen molar-refractivity contribution in [3.8, 4) is 11.3 Å². The van der Waals surface area contributed by atoms with Crippen molar-refractivity contribution in [3.05, 3.63) is 76.6 Å². The number of piperidine rings is 1. The number of amides is 1. The lowest BCUT2D eigenvalue weighted by molar-refractivity contribution is 0.0595. The first kappa shape index (κ1) is 16.1. The van der Waals surface area contributed by atoms with Crippen LogP contribution in [0.4, 0.5) is 0 Å². The van der Waals surface area contributed by atoms with E-state index in [0.717, 1.165) is 23.4 Å². The maximum atomic E-state index is 12.8. The molecule has 2 aliphatic heterocycles. The third-order valence-electron chi connectivity index (χ3n) is 5.65. The van der Waals surface area contributed by atoms with Gasteiger partial charge >= 0.3 is 0 Å². The standard InChI is InChI=1S/C21H20N4O2/c26-20-9-16(18-3-1-2-5-23-18)8-19-17-7-14(12-25(19)20)11-24(13-17)21(27)15-4-6-22-10-15/h1-6,8-10,14,17,22H,7,11-13H2/t14-,17+/m0/s1. The summed E-state index contributed by atoms with van der Waals surface area (Å²) in [7, 11) is 0.